The molecule has 1 N–H and O–H groups in total. The SMILES string of the molecule is O=C(CCC1CCCCN1)c1ccc(F)c(F)c1F. The summed E-state index contributed by atoms with van der Waals surface area (Å²) in [5.74, 6) is -4.73. The summed E-state index contributed by atoms with van der Waals surface area (Å²) in [6.45, 7) is 0.929. The Hall–Kier alpha value is -1.36. The van der Waals surface area contributed by atoms with Crippen molar-refractivity contribution in [2.45, 2.75) is 38.1 Å². The second kappa shape index (κ2) is 6.19. The summed E-state index contributed by atoms with van der Waals surface area (Å²) < 4.78 is 39.2. The maximum Gasteiger partial charge on any atom is 0.195 e. The lowest BCUT2D eigenvalue weighted by molar-refractivity contribution is 0.0969. The lowest BCUT2D eigenvalue weighted by Crippen LogP contribution is -2.34. The minimum atomic E-state index is -1.58. The van der Waals surface area contributed by atoms with Gasteiger partial charge in [-0.3, -0.25) is 4.79 Å². The normalized spacial score (nSPS) is 19.4. The average Bonchev–Trinajstić information content (AvgIpc) is 2.43. The molecule has 0 saturated carbocycles. The third-order valence-corrected chi connectivity index (χ3v) is 3.47. The van der Waals surface area contributed by atoms with Crippen LogP contribution in [0.15, 0.2) is 12.1 Å². The number of nitrogens with one attached hydrogen (secondary N) is 1. The van der Waals surface area contributed by atoms with Gasteiger partial charge >= 0.3 is 0 Å². The molecule has 104 valence electrons. The standard InChI is InChI=1S/C14H16F3NO/c15-11-6-5-10(13(16)14(11)17)12(19)7-4-9-3-1-2-8-18-9/h5-6,9,18H,1-4,7-8H2. The van der Waals surface area contributed by atoms with Gasteiger partial charge in [0.25, 0.3) is 0 Å². The first-order valence-corrected chi connectivity index (χ1v) is 6.49. The number of ketones is 1. The van der Waals surface area contributed by atoms with Crippen molar-refractivity contribution >= 4 is 5.78 Å². The Morgan fingerprint density at radius 2 is 2.00 bits per heavy atom. The van der Waals surface area contributed by atoms with Gasteiger partial charge in [-0.2, -0.15) is 0 Å². The quantitative estimate of drug-likeness (QED) is 0.673. The van der Waals surface area contributed by atoms with E-state index in [0.29, 0.717) is 6.42 Å². The lowest BCUT2D eigenvalue weighted by Gasteiger charge is -2.23. The predicted octanol–water partition coefficient (Wildman–Crippen LogP) is 3.21. The number of hydrogen-bond acceptors (Lipinski definition) is 2. The molecule has 19 heavy (non-hydrogen) atoms. The molecule has 0 radical (unpaired) electrons. The highest BCUT2D eigenvalue weighted by molar-refractivity contribution is 5.96. The Balaban J connectivity index is 1.98. The predicted molar refractivity (Wildman–Crippen MR) is 65.5 cm³/mol. The summed E-state index contributed by atoms with van der Waals surface area (Å²) in [5, 5.41) is 3.28. The zero-order chi connectivity index (χ0) is 13.8. The summed E-state index contributed by atoms with van der Waals surface area (Å²) in [7, 11) is 0. The number of benzene rings is 1. The van der Waals surface area contributed by atoms with Gasteiger partial charge in [0.15, 0.2) is 23.2 Å². The van der Waals surface area contributed by atoms with Crippen molar-refractivity contribution in [3.05, 3.63) is 35.1 Å². The number of piperidine rings is 1. The van der Waals surface area contributed by atoms with Gasteiger partial charge < -0.3 is 5.32 Å². The van der Waals surface area contributed by atoms with Crippen LogP contribution in [0.2, 0.25) is 0 Å². The molecule has 1 aliphatic rings. The van der Waals surface area contributed by atoms with E-state index in [2.05, 4.69) is 5.32 Å². The van der Waals surface area contributed by atoms with Gasteiger partial charge in [0.05, 0.1) is 5.56 Å². The van der Waals surface area contributed by atoms with Crippen LogP contribution in [0.3, 0.4) is 0 Å². The number of hydrogen-bond donors (Lipinski definition) is 1. The highest BCUT2D eigenvalue weighted by Gasteiger charge is 2.20. The summed E-state index contributed by atoms with van der Waals surface area (Å²) in [6, 6.07) is 2.04. The van der Waals surface area contributed by atoms with Crippen molar-refractivity contribution in [1.29, 1.82) is 0 Å². The molecule has 1 aliphatic heterocycles. The minimum Gasteiger partial charge on any atom is -0.314 e. The van der Waals surface area contributed by atoms with Gasteiger partial charge in [-0.25, -0.2) is 13.2 Å². The second-order valence-electron chi connectivity index (χ2n) is 4.83. The van der Waals surface area contributed by atoms with Gasteiger partial charge in [-0.05, 0) is 37.9 Å². The fraction of sp³-hybridized carbons (Fsp3) is 0.500. The average molecular weight is 271 g/mol. The largest absolute Gasteiger partial charge is 0.314 e. The van der Waals surface area contributed by atoms with Crippen LogP contribution in [0.25, 0.3) is 0 Å². The van der Waals surface area contributed by atoms with Crippen molar-refractivity contribution in [3.63, 3.8) is 0 Å². The molecule has 0 amide bonds. The third kappa shape index (κ3) is 3.35. The van der Waals surface area contributed by atoms with E-state index in [9.17, 15) is 18.0 Å². The third-order valence-electron chi connectivity index (χ3n) is 3.47. The Kier molecular flexibility index (Phi) is 4.58. The molecule has 1 atom stereocenters. The van der Waals surface area contributed by atoms with E-state index in [-0.39, 0.29) is 18.0 Å². The fourth-order valence-electron chi connectivity index (χ4n) is 2.35. The lowest BCUT2D eigenvalue weighted by atomic mass is 9.97. The molecule has 1 unspecified atom stereocenters. The molecule has 0 aliphatic carbocycles. The van der Waals surface area contributed by atoms with E-state index >= 15 is 0 Å². The van der Waals surface area contributed by atoms with Gasteiger partial charge in [-0.15, -0.1) is 0 Å². The second-order valence-corrected chi connectivity index (χ2v) is 4.83. The fourth-order valence-corrected chi connectivity index (χ4v) is 2.35. The first-order chi connectivity index (χ1) is 9.09. The van der Waals surface area contributed by atoms with Crippen LogP contribution in [-0.4, -0.2) is 18.4 Å². The zero-order valence-electron chi connectivity index (χ0n) is 10.5. The Morgan fingerprint density at radius 3 is 2.68 bits per heavy atom. The van der Waals surface area contributed by atoms with Crippen LogP contribution in [0.5, 0.6) is 0 Å². The van der Waals surface area contributed by atoms with Crippen molar-refractivity contribution in [3.8, 4) is 0 Å². The van der Waals surface area contributed by atoms with Crippen LogP contribution < -0.4 is 5.32 Å². The molecule has 0 aromatic heterocycles. The summed E-state index contributed by atoms with van der Waals surface area (Å²) in [6.07, 6.45) is 3.97. The summed E-state index contributed by atoms with van der Waals surface area (Å²) in [5.41, 5.74) is -0.366. The minimum absolute atomic E-state index is 0.139. The van der Waals surface area contributed by atoms with Gasteiger partial charge in [0.2, 0.25) is 0 Å². The number of rotatable bonds is 4. The van der Waals surface area contributed by atoms with Gasteiger partial charge in [-0.1, -0.05) is 6.42 Å². The van der Waals surface area contributed by atoms with Crippen LogP contribution >= 0.6 is 0 Å². The van der Waals surface area contributed by atoms with E-state index in [4.69, 9.17) is 0 Å². The van der Waals surface area contributed by atoms with Crippen molar-refractivity contribution in [2.24, 2.45) is 0 Å². The van der Waals surface area contributed by atoms with E-state index in [1.165, 1.54) is 0 Å². The molecule has 1 aromatic rings. The van der Waals surface area contributed by atoms with Crippen molar-refractivity contribution < 1.29 is 18.0 Å². The van der Waals surface area contributed by atoms with Crippen LogP contribution in [-0.2, 0) is 0 Å². The summed E-state index contributed by atoms with van der Waals surface area (Å²) >= 11 is 0. The highest BCUT2D eigenvalue weighted by Crippen LogP contribution is 2.19. The van der Waals surface area contributed by atoms with Crippen LogP contribution in [0.4, 0.5) is 13.2 Å². The van der Waals surface area contributed by atoms with E-state index in [1.807, 2.05) is 0 Å². The molecule has 1 aromatic carbocycles. The molecule has 1 heterocycles. The van der Waals surface area contributed by atoms with E-state index in [1.54, 1.807) is 0 Å². The topological polar surface area (TPSA) is 29.1 Å². The van der Waals surface area contributed by atoms with Crippen molar-refractivity contribution in [1.82, 2.24) is 5.32 Å². The number of carbonyl (C=O) groups excluding carboxylic acids is 1. The number of Topliss-reactive ketones (excluding diaryl/α,β-unsaturated/α-hetero) is 1. The molecule has 1 fully saturated rings. The smallest absolute Gasteiger partial charge is 0.195 e. The van der Waals surface area contributed by atoms with E-state index < -0.39 is 23.2 Å². The monoisotopic (exact) mass is 271 g/mol. The van der Waals surface area contributed by atoms with Gasteiger partial charge in [0.1, 0.15) is 0 Å². The molecule has 2 nitrogen and oxygen atoms in total. The Morgan fingerprint density at radius 1 is 1.21 bits per heavy atom. The first-order valence-electron chi connectivity index (χ1n) is 6.49. The molecule has 2 rings (SSSR count). The van der Waals surface area contributed by atoms with Gasteiger partial charge in [0, 0.05) is 12.5 Å². The highest BCUT2D eigenvalue weighted by atomic mass is 19.2. The van der Waals surface area contributed by atoms with Crippen molar-refractivity contribution in [2.75, 3.05) is 6.54 Å². The van der Waals surface area contributed by atoms with E-state index in [0.717, 1.165) is 37.9 Å². The number of halogens is 3. The Labute approximate surface area is 110 Å². The zero-order valence-corrected chi connectivity index (χ0v) is 10.5. The maximum atomic E-state index is 13.4. The molecular formula is C14H16F3NO. The Bertz CT molecular complexity index is 470. The molecule has 1 saturated heterocycles. The molecule has 0 spiro atoms. The maximum absolute atomic E-state index is 13.4. The molecular weight excluding hydrogens is 255 g/mol. The van der Waals surface area contributed by atoms with Crippen LogP contribution in [0.1, 0.15) is 42.5 Å². The molecule has 0 bridgehead atoms. The molecule has 5 heteroatoms. The van der Waals surface area contributed by atoms with Crippen LogP contribution in [0, 0.1) is 17.5 Å². The number of carbonyl (C=O) groups is 1. The summed E-state index contributed by atoms with van der Waals surface area (Å²) in [4.78, 5) is 11.8. The first kappa shape index (κ1) is 14.1.